The molecule has 0 atom stereocenters. The molecule has 5 rings (SSSR count). The van der Waals surface area contributed by atoms with Gasteiger partial charge in [-0.15, -0.1) is 10.2 Å². The number of furan rings is 1. The predicted octanol–water partition coefficient (Wildman–Crippen LogP) is 4.32. The summed E-state index contributed by atoms with van der Waals surface area (Å²) in [7, 11) is 0. The number of benzene rings is 3. The zero-order valence-corrected chi connectivity index (χ0v) is 19.3. The summed E-state index contributed by atoms with van der Waals surface area (Å²) in [5.74, 6) is 1.11. The highest BCUT2D eigenvalue weighted by Gasteiger charge is 2.09. The number of carbonyl (C=O) groups is 1. The molecule has 0 radical (unpaired) electrons. The van der Waals surface area contributed by atoms with Gasteiger partial charge in [0.2, 0.25) is 5.82 Å². The fourth-order valence-corrected chi connectivity index (χ4v) is 3.48. The van der Waals surface area contributed by atoms with Crippen LogP contribution < -0.4 is 5.43 Å². The van der Waals surface area contributed by atoms with Crippen molar-refractivity contribution in [2.75, 3.05) is 0 Å². The molecule has 0 aliphatic heterocycles. The molecule has 5 aromatic rings. The summed E-state index contributed by atoms with van der Waals surface area (Å²) in [6.07, 6.45) is 1.38. The van der Waals surface area contributed by atoms with Gasteiger partial charge in [-0.1, -0.05) is 42.5 Å². The summed E-state index contributed by atoms with van der Waals surface area (Å²) in [5.41, 5.74) is 5.38. The minimum atomic E-state index is -0.462. The Morgan fingerprint density at radius 3 is 2.46 bits per heavy atom. The number of hydrogen-bond donors (Lipinski definition) is 1. The average molecular weight is 493 g/mol. The first kappa shape index (κ1) is 23.3. The Labute approximate surface area is 210 Å². The van der Waals surface area contributed by atoms with Crippen LogP contribution in [0.15, 0.2) is 101 Å². The first-order valence-corrected chi connectivity index (χ1v) is 11.2. The lowest BCUT2D eigenvalue weighted by molar-refractivity contribution is -0.384. The molecule has 0 spiro atoms. The Morgan fingerprint density at radius 2 is 1.73 bits per heavy atom. The minimum absolute atomic E-state index is 0.0000883. The summed E-state index contributed by atoms with van der Waals surface area (Å²) in [6, 6.07) is 26.0. The standard InChI is InChI=1S/C26H19N7O4/c34-26(29-27-16-23-14-15-24(37-23)19-10-12-22(13-11-19)33(35)36)21-8-6-18(7-9-21)17-32-30-25(28-31-32)20-4-2-1-3-5-20/h1-16H,17H2,(H,29,34)/b27-16+. The monoisotopic (exact) mass is 493 g/mol. The second kappa shape index (κ2) is 10.4. The van der Waals surface area contributed by atoms with Gasteiger partial charge in [-0.2, -0.15) is 9.90 Å². The molecule has 2 heterocycles. The topological polar surface area (TPSA) is 141 Å². The van der Waals surface area contributed by atoms with Gasteiger partial charge in [0.25, 0.3) is 11.6 Å². The summed E-state index contributed by atoms with van der Waals surface area (Å²) in [5, 5.41) is 27.3. The summed E-state index contributed by atoms with van der Waals surface area (Å²) < 4.78 is 5.67. The van der Waals surface area contributed by atoms with Crippen LogP contribution in [0.5, 0.6) is 0 Å². The maximum absolute atomic E-state index is 12.4. The van der Waals surface area contributed by atoms with E-state index >= 15 is 0 Å². The van der Waals surface area contributed by atoms with E-state index in [4.69, 9.17) is 4.42 Å². The van der Waals surface area contributed by atoms with Crippen LogP contribution >= 0.6 is 0 Å². The number of tetrazole rings is 1. The number of hydrogen-bond acceptors (Lipinski definition) is 8. The van der Waals surface area contributed by atoms with E-state index in [0.29, 0.717) is 35.0 Å². The number of hydrazone groups is 1. The molecule has 37 heavy (non-hydrogen) atoms. The van der Waals surface area contributed by atoms with Gasteiger partial charge in [-0.05, 0) is 47.2 Å². The van der Waals surface area contributed by atoms with Gasteiger partial charge in [-0.3, -0.25) is 14.9 Å². The molecule has 3 aromatic carbocycles. The molecule has 0 aliphatic carbocycles. The van der Waals surface area contributed by atoms with E-state index in [2.05, 4.69) is 25.9 Å². The number of carbonyl (C=O) groups excluding carboxylic acids is 1. The number of amides is 1. The van der Waals surface area contributed by atoms with E-state index < -0.39 is 4.92 Å². The molecule has 0 fully saturated rings. The van der Waals surface area contributed by atoms with Crippen molar-refractivity contribution in [3.05, 3.63) is 118 Å². The third-order valence-electron chi connectivity index (χ3n) is 5.37. The van der Waals surface area contributed by atoms with Crippen LogP contribution in [-0.2, 0) is 6.54 Å². The maximum atomic E-state index is 12.4. The van der Waals surface area contributed by atoms with E-state index in [1.54, 1.807) is 36.4 Å². The number of non-ortho nitro benzene ring substituents is 1. The lowest BCUT2D eigenvalue weighted by Gasteiger charge is -2.03. The molecule has 0 aliphatic rings. The van der Waals surface area contributed by atoms with Crippen LogP contribution in [0.1, 0.15) is 21.7 Å². The van der Waals surface area contributed by atoms with Gasteiger partial charge in [0.05, 0.1) is 17.7 Å². The van der Waals surface area contributed by atoms with Gasteiger partial charge >= 0.3 is 0 Å². The first-order valence-electron chi connectivity index (χ1n) is 11.2. The van der Waals surface area contributed by atoms with E-state index in [1.165, 1.54) is 23.1 Å². The van der Waals surface area contributed by atoms with E-state index in [1.807, 2.05) is 42.5 Å². The Kier molecular flexibility index (Phi) is 6.57. The minimum Gasteiger partial charge on any atom is -0.455 e. The number of nitro benzene ring substituents is 1. The second-order valence-corrected chi connectivity index (χ2v) is 7.91. The molecular formula is C26H19N7O4. The third-order valence-corrected chi connectivity index (χ3v) is 5.37. The van der Waals surface area contributed by atoms with E-state index in [0.717, 1.165) is 11.1 Å². The molecule has 182 valence electrons. The van der Waals surface area contributed by atoms with Crippen molar-refractivity contribution in [3.8, 4) is 22.7 Å². The average Bonchev–Trinajstić information content (AvgIpc) is 3.60. The Balaban J connectivity index is 1.16. The predicted molar refractivity (Wildman–Crippen MR) is 135 cm³/mol. The van der Waals surface area contributed by atoms with Gasteiger partial charge in [-0.25, -0.2) is 5.43 Å². The lowest BCUT2D eigenvalue weighted by Crippen LogP contribution is -2.17. The van der Waals surface area contributed by atoms with Crippen molar-refractivity contribution in [3.63, 3.8) is 0 Å². The third kappa shape index (κ3) is 5.62. The first-order chi connectivity index (χ1) is 18.0. The van der Waals surface area contributed by atoms with Crippen molar-refractivity contribution in [2.24, 2.45) is 5.10 Å². The highest BCUT2D eigenvalue weighted by atomic mass is 16.6. The SMILES string of the molecule is O=C(N/N=C/c1ccc(-c2ccc([N+](=O)[O-])cc2)o1)c1ccc(Cn2nnc(-c3ccccc3)n2)cc1. The van der Waals surface area contributed by atoms with Gasteiger partial charge in [0.1, 0.15) is 11.5 Å². The van der Waals surface area contributed by atoms with Crippen LogP contribution in [-0.4, -0.2) is 37.3 Å². The number of nitro groups is 1. The normalized spacial score (nSPS) is 11.0. The lowest BCUT2D eigenvalue weighted by atomic mass is 10.1. The molecule has 0 saturated heterocycles. The quantitative estimate of drug-likeness (QED) is 0.193. The number of nitrogens with one attached hydrogen (secondary N) is 1. The fraction of sp³-hybridized carbons (Fsp3) is 0.0385. The second-order valence-electron chi connectivity index (χ2n) is 7.91. The Bertz CT molecular complexity index is 1560. The summed E-state index contributed by atoms with van der Waals surface area (Å²) in [4.78, 5) is 24.2. The molecule has 1 N–H and O–H groups in total. The molecule has 0 unspecified atom stereocenters. The number of nitrogens with zero attached hydrogens (tertiary/aromatic N) is 6. The van der Waals surface area contributed by atoms with Gasteiger partial charge < -0.3 is 4.42 Å². The van der Waals surface area contributed by atoms with Crippen molar-refractivity contribution < 1.29 is 14.1 Å². The van der Waals surface area contributed by atoms with Crippen molar-refractivity contribution in [2.45, 2.75) is 6.54 Å². The Morgan fingerprint density at radius 1 is 0.973 bits per heavy atom. The highest BCUT2D eigenvalue weighted by molar-refractivity contribution is 5.94. The zero-order valence-electron chi connectivity index (χ0n) is 19.3. The van der Waals surface area contributed by atoms with Crippen molar-refractivity contribution in [1.82, 2.24) is 25.6 Å². The van der Waals surface area contributed by atoms with Crippen molar-refractivity contribution >= 4 is 17.8 Å². The largest absolute Gasteiger partial charge is 0.455 e. The van der Waals surface area contributed by atoms with E-state index in [9.17, 15) is 14.9 Å². The Hall–Kier alpha value is -5.45. The summed E-state index contributed by atoms with van der Waals surface area (Å²) >= 11 is 0. The van der Waals surface area contributed by atoms with Crippen LogP contribution in [0.25, 0.3) is 22.7 Å². The van der Waals surface area contributed by atoms with Crippen LogP contribution in [0.3, 0.4) is 0 Å². The molecule has 2 aromatic heterocycles. The zero-order chi connectivity index (χ0) is 25.6. The van der Waals surface area contributed by atoms with Crippen LogP contribution in [0.4, 0.5) is 5.69 Å². The summed E-state index contributed by atoms with van der Waals surface area (Å²) in [6.45, 7) is 0.412. The van der Waals surface area contributed by atoms with Crippen LogP contribution in [0.2, 0.25) is 0 Å². The molecular weight excluding hydrogens is 474 g/mol. The van der Waals surface area contributed by atoms with Gasteiger partial charge in [0, 0.05) is 28.8 Å². The molecule has 0 bridgehead atoms. The maximum Gasteiger partial charge on any atom is 0.271 e. The molecule has 1 amide bonds. The molecule has 11 heteroatoms. The number of rotatable bonds is 8. The molecule has 11 nitrogen and oxygen atoms in total. The van der Waals surface area contributed by atoms with E-state index in [-0.39, 0.29) is 11.6 Å². The fourth-order valence-electron chi connectivity index (χ4n) is 3.48. The molecule has 0 saturated carbocycles. The van der Waals surface area contributed by atoms with Crippen molar-refractivity contribution in [1.29, 1.82) is 0 Å². The highest BCUT2D eigenvalue weighted by Crippen LogP contribution is 2.24. The van der Waals surface area contributed by atoms with Crippen LogP contribution in [0, 0.1) is 10.1 Å². The number of aromatic nitrogens is 4. The van der Waals surface area contributed by atoms with Gasteiger partial charge in [0.15, 0.2) is 0 Å². The smallest absolute Gasteiger partial charge is 0.271 e.